The maximum atomic E-state index is 10.8. The van der Waals surface area contributed by atoms with Crippen molar-refractivity contribution in [3.05, 3.63) is 11.9 Å². The molecule has 1 aromatic heterocycles. The van der Waals surface area contributed by atoms with Gasteiger partial charge in [0.15, 0.2) is 0 Å². The number of aromatic nitrogens is 2. The van der Waals surface area contributed by atoms with Gasteiger partial charge in [-0.25, -0.2) is 9.97 Å². The van der Waals surface area contributed by atoms with Gasteiger partial charge in [0.2, 0.25) is 0 Å². The molecule has 0 saturated heterocycles. The Hall–Kier alpha value is -1.85. The summed E-state index contributed by atoms with van der Waals surface area (Å²) in [6.07, 6.45) is 0.653. The summed E-state index contributed by atoms with van der Waals surface area (Å²) >= 11 is 0. The number of nitrogens with zero attached hydrogens (tertiary/aromatic N) is 2. The fourth-order valence-corrected chi connectivity index (χ4v) is 1.91. The van der Waals surface area contributed by atoms with Gasteiger partial charge in [0, 0.05) is 17.6 Å². The van der Waals surface area contributed by atoms with Gasteiger partial charge in [-0.3, -0.25) is 4.79 Å². The van der Waals surface area contributed by atoms with E-state index in [0.29, 0.717) is 18.1 Å². The number of carboxylic acids is 1. The molecule has 2 atom stereocenters. The van der Waals surface area contributed by atoms with Crippen LogP contribution in [0.3, 0.4) is 0 Å². The van der Waals surface area contributed by atoms with Crippen LogP contribution in [0.15, 0.2) is 6.07 Å². The number of carbonyl (C=O) groups is 1. The van der Waals surface area contributed by atoms with Crippen LogP contribution in [0.1, 0.15) is 33.0 Å². The van der Waals surface area contributed by atoms with E-state index in [1.165, 1.54) is 0 Å². The van der Waals surface area contributed by atoms with Crippen molar-refractivity contribution in [3.8, 4) is 0 Å². The minimum absolute atomic E-state index is 0.0192. The number of rotatable bonds is 4. The predicted molar refractivity (Wildman–Crippen MR) is 73.3 cm³/mol. The highest BCUT2D eigenvalue weighted by Gasteiger charge is 2.43. The van der Waals surface area contributed by atoms with Crippen LogP contribution in [0.4, 0.5) is 11.6 Å². The first-order valence-electron chi connectivity index (χ1n) is 6.38. The number of aliphatic carboxylic acids is 1. The normalized spacial score (nSPS) is 21.9. The van der Waals surface area contributed by atoms with Gasteiger partial charge >= 0.3 is 5.97 Å². The molecule has 1 aliphatic rings. The van der Waals surface area contributed by atoms with Crippen molar-refractivity contribution in [1.29, 1.82) is 0 Å². The third kappa shape index (κ3) is 3.81. The first-order valence-corrected chi connectivity index (χ1v) is 6.38. The van der Waals surface area contributed by atoms with Crippen LogP contribution >= 0.6 is 0 Å². The van der Waals surface area contributed by atoms with Crippen LogP contribution in [-0.2, 0) is 4.79 Å². The zero-order chi connectivity index (χ0) is 14.2. The summed E-state index contributed by atoms with van der Waals surface area (Å²) < 4.78 is 0. The molecule has 1 aliphatic carbocycles. The molecule has 6 nitrogen and oxygen atoms in total. The van der Waals surface area contributed by atoms with E-state index in [0.717, 1.165) is 5.82 Å². The Bertz CT molecular complexity index is 496. The average Bonchev–Trinajstić information content (AvgIpc) is 2.92. The molecule has 0 spiro atoms. The molecule has 1 aromatic rings. The SMILES string of the molecule is Cc1nc(NC2CC2C(=O)O)cc(NC(C)(C)C)n1. The van der Waals surface area contributed by atoms with Crippen molar-refractivity contribution in [3.63, 3.8) is 0 Å². The molecule has 1 fully saturated rings. The lowest BCUT2D eigenvalue weighted by Crippen LogP contribution is -2.27. The van der Waals surface area contributed by atoms with Crippen LogP contribution in [0, 0.1) is 12.8 Å². The lowest BCUT2D eigenvalue weighted by molar-refractivity contribution is -0.138. The average molecular weight is 264 g/mol. The lowest BCUT2D eigenvalue weighted by Gasteiger charge is -2.21. The van der Waals surface area contributed by atoms with E-state index in [-0.39, 0.29) is 17.5 Å². The molecule has 104 valence electrons. The van der Waals surface area contributed by atoms with E-state index in [2.05, 4.69) is 41.4 Å². The van der Waals surface area contributed by atoms with Gasteiger partial charge in [0.1, 0.15) is 17.5 Å². The predicted octanol–water partition coefficient (Wildman–Crippen LogP) is 1.88. The Labute approximate surface area is 112 Å². The Balaban J connectivity index is 2.07. The van der Waals surface area contributed by atoms with Crippen molar-refractivity contribution in [1.82, 2.24) is 9.97 Å². The number of aryl methyl sites for hydroxylation is 1. The Morgan fingerprint density at radius 1 is 1.37 bits per heavy atom. The van der Waals surface area contributed by atoms with Gasteiger partial charge in [-0.2, -0.15) is 0 Å². The van der Waals surface area contributed by atoms with Crippen molar-refractivity contribution in [2.45, 2.75) is 45.7 Å². The quantitative estimate of drug-likeness (QED) is 0.769. The van der Waals surface area contributed by atoms with Crippen molar-refractivity contribution in [2.75, 3.05) is 10.6 Å². The number of anilines is 2. The van der Waals surface area contributed by atoms with E-state index in [1.807, 2.05) is 13.0 Å². The van der Waals surface area contributed by atoms with Gasteiger partial charge in [-0.15, -0.1) is 0 Å². The zero-order valence-electron chi connectivity index (χ0n) is 11.7. The van der Waals surface area contributed by atoms with Crippen molar-refractivity contribution < 1.29 is 9.90 Å². The molecule has 1 heterocycles. The smallest absolute Gasteiger partial charge is 0.308 e. The summed E-state index contributed by atoms with van der Waals surface area (Å²) in [5.74, 6) is 1.03. The number of nitrogens with one attached hydrogen (secondary N) is 2. The van der Waals surface area contributed by atoms with E-state index >= 15 is 0 Å². The van der Waals surface area contributed by atoms with E-state index in [1.54, 1.807) is 0 Å². The monoisotopic (exact) mass is 264 g/mol. The molecule has 0 aromatic carbocycles. The van der Waals surface area contributed by atoms with Gasteiger partial charge < -0.3 is 15.7 Å². The minimum atomic E-state index is -0.753. The van der Waals surface area contributed by atoms with Crippen LogP contribution in [-0.4, -0.2) is 32.6 Å². The molecule has 2 unspecified atom stereocenters. The second kappa shape index (κ2) is 4.68. The van der Waals surface area contributed by atoms with Gasteiger partial charge in [-0.05, 0) is 34.1 Å². The molecule has 0 amide bonds. The molecule has 1 saturated carbocycles. The fraction of sp³-hybridized carbons (Fsp3) is 0.615. The lowest BCUT2D eigenvalue weighted by atomic mass is 10.1. The summed E-state index contributed by atoms with van der Waals surface area (Å²) in [5, 5.41) is 15.3. The molecule has 2 rings (SSSR count). The largest absolute Gasteiger partial charge is 0.481 e. The number of hydrogen-bond acceptors (Lipinski definition) is 5. The Kier molecular flexibility index (Phi) is 3.34. The zero-order valence-corrected chi connectivity index (χ0v) is 11.7. The number of carboxylic acid groups (broad SMARTS) is 1. The topological polar surface area (TPSA) is 87.1 Å². The van der Waals surface area contributed by atoms with Crippen LogP contribution in [0.25, 0.3) is 0 Å². The van der Waals surface area contributed by atoms with Crippen LogP contribution in [0.2, 0.25) is 0 Å². The van der Waals surface area contributed by atoms with Gasteiger partial charge in [-0.1, -0.05) is 0 Å². The van der Waals surface area contributed by atoms with Crippen molar-refractivity contribution >= 4 is 17.6 Å². The molecular weight excluding hydrogens is 244 g/mol. The summed E-state index contributed by atoms with van der Waals surface area (Å²) in [5.41, 5.74) is -0.0821. The van der Waals surface area contributed by atoms with Crippen LogP contribution < -0.4 is 10.6 Å². The summed E-state index contributed by atoms with van der Waals surface area (Å²) in [6.45, 7) is 7.98. The van der Waals surface area contributed by atoms with Crippen LogP contribution in [0.5, 0.6) is 0 Å². The first kappa shape index (κ1) is 13.6. The highest BCUT2D eigenvalue weighted by atomic mass is 16.4. The van der Waals surface area contributed by atoms with Gasteiger partial charge in [0.05, 0.1) is 5.92 Å². The minimum Gasteiger partial charge on any atom is -0.481 e. The molecule has 0 bridgehead atoms. The second-order valence-electron chi connectivity index (χ2n) is 5.99. The van der Waals surface area contributed by atoms with Crippen molar-refractivity contribution in [2.24, 2.45) is 5.92 Å². The highest BCUT2D eigenvalue weighted by molar-refractivity contribution is 5.75. The third-order valence-electron chi connectivity index (χ3n) is 2.78. The summed E-state index contributed by atoms with van der Waals surface area (Å²) in [7, 11) is 0. The standard InChI is InChI=1S/C13H20N4O2/c1-7-14-10(16-9-5-8(9)12(18)19)6-11(15-7)17-13(2,3)4/h6,8-9H,5H2,1-4H3,(H,18,19)(H2,14,15,16,17). The third-order valence-corrected chi connectivity index (χ3v) is 2.78. The maximum Gasteiger partial charge on any atom is 0.308 e. The van der Waals surface area contributed by atoms with E-state index in [9.17, 15) is 4.79 Å². The molecule has 19 heavy (non-hydrogen) atoms. The molecule has 3 N–H and O–H groups in total. The maximum absolute atomic E-state index is 10.8. The molecule has 6 heteroatoms. The highest BCUT2D eigenvalue weighted by Crippen LogP contribution is 2.33. The van der Waals surface area contributed by atoms with E-state index < -0.39 is 5.97 Å². The van der Waals surface area contributed by atoms with E-state index in [4.69, 9.17) is 5.11 Å². The molecule has 0 radical (unpaired) electrons. The summed E-state index contributed by atoms with van der Waals surface area (Å²) in [4.78, 5) is 19.4. The molecular formula is C13H20N4O2. The number of hydrogen-bond donors (Lipinski definition) is 3. The second-order valence-corrected chi connectivity index (χ2v) is 5.99. The Morgan fingerprint density at radius 3 is 2.53 bits per heavy atom. The summed E-state index contributed by atoms with van der Waals surface area (Å²) in [6, 6.07) is 1.80. The van der Waals surface area contributed by atoms with Gasteiger partial charge in [0.25, 0.3) is 0 Å². The Morgan fingerprint density at radius 2 is 2.00 bits per heavy atom. The first-order chi connectivity index (χ1) is 8.74. The molecule has 0 aliphatic heterocycles. The fourth-order valence-electron chi connectivity index (χ4n) is 1.91.